The van der Waals surface area contributed by atoms with Crippen LogP contribution in [-0.2, 0) is 17.4 Å². The van der Waals surface area contributed by atoms with E-state index in [4.69, 9.17) is 0 Å². The van der Waals surface area contributed by atoms with Gasteiger partial charge in [0.05, 0.1) is 16.7 Å². The number of nitrogens with zero attached hydrogens (tertiary/aromatic N) is 2. The lowest BCUT2D eigenvalue weighted by atomic mass is 9.96. The van der Waals surface area contributed by atoms with Gasteiger partial charge in [-0.2, -0.15) is 5.10 Å². The summed E-state index contributed by atoms with van der Waals surface area (Å²) < 4.78 is 15.4. The second kappa shape index (κ2) is 4.77. The Balaban J connectivity index is 1.63. The fourth-order valence-electron chi connectivity index (χ4n) is 3.96. The van der Waals surface area contributed by atoms with E-state index in [2.05, 4.69) is 15.7 Å². The Labute approximate surface area is 134 Å². The van der Waals surface area contributed by atoms with Crippen LogP contribution < -0.4 is 10.6 Å². The summed E-state index contributed by atoms with van der Waals surface area (Å²) in [6.07, 6.45) is 0. The van der Waals surface area contributed by atoms with Crippen LogP contribution in [0.4, 0.5) is 4.39 Å². The highest BCUT2D eigenvalue weighted by molar-refractivity contribution is 5.86. The summed E-state index contributed by atoms with van der Waals surface area (Å²) in [5, 5.41) is 11.7. The van der Waals surface area contributed by atoms with Crippen molar-refractivity contribution in [2.75, 3.05) is 13.1 Å². The number of rotatable bonds is 3. The summed E-state index contributed by atoms with van der Waals surface area (Å²) >= 11 is 0. The minimum atomic E-state index is -0.644. The van der Waals surface area contributed by atoms with Crippen LogP contribution in [0.15, 0.2) is 18.2 Å². The summed E-state index contributed by atoms with van der Waals surface area (Å²) in [5.41, 5.74) is 0.914. The highest BCUT2D eigenvalue weighted by atomic mass is 19.1. The van der Waals surface area contributed by atoms with E-state index in [0.29, 0.717) is 17.5 Å². The molecule has 5 nitrogen and oxygen atoms in total. The minimum absolute atomic E-state index is 0.0849. The summed E-state index contributed by atoms with van der Waals surface area (Å²) in [6.45, 7) is 5.71. The molecule has 2 fully saturated rings. The predicted octanol–water partition coefficient (Wildman–Crippen LogP) is 1.53. The first-order valence-corrected chi connectivity index (χ1v) is 8.04. The zero-order valence-corrected chi connectivity index (χ0v) is 13.6. The third-order valence-corrected chi connectivity index (χ3v) is 5.23. The standard InChI is InChI=1S/C17H21FN4O/c1-17(2,20-16(23)14-11-7-19-8-12(11)14)15-10-6-9(18)4-5-13(10)22(3)21-15/h4-6,11-12,14,19H,7-8H2,1-3H3,(H,20,23). The molecule has 2 unspecified atom stereocenters. The number of halogens is 1. The molecule has 0 spiro atoms. The molecule has 2 aliphatic rings. The molecule has 23 heavy (non-hydrogen) atoms. The van der Waals surface area contributed by atoms with Crippen molar-refractivity contribution in [2.45, 2.75) is 19.4 Å². The summed E-state index contributed by atoms with van der Waals surface area (Å²) in [4.78, 5) is 12.6. The van der Waals surface area contributed by atoms with Crippen molar-refractivity contribution in [1.82, 2.24) is 20.4 Å². The molecule has 0 radical (unpaired) electrons. The Kier molecular flexibility index (Phi) is 3.04. The SMILES string of the molecule is Cn1nc(C(C)(C)NC(=O)C2C3CNCC32)c2cc(F)ccc21. The van der Waals surface area contributed by atoms with E-state index in [0.717, 1.165) is 24.0 Å². The number of benzene rings is 1. The molecule has 2 heterocycles. The molecular weight excluding hydrogens is 295 g/mol. The number of nitrogens with one attached hydrogen (secondary N) is 2. The van der Waals surface area contributed by atoms with Gasteiger partial charge < -0.3 is 10.6 Å². The lowest BCUT2D eigenvalue weighted by Gasteiger charge is -2.25. The lowest BCUT2D eigenvalue weighted by molar-refractivity contribution is -0.124. The van der Waals surface area contributed by atoms with Crippen molar-refractivity contribution in [2.24, 2.45) is 24.8 Å². The van der Waals surface area contributed by atoms with E-state index in [1.165, 1.54) is 12.1 Å². The summed E-state index contributed by atoms with van der Waals surface area (Å²) in [5.74, 6) is 0.855. The first kappa shape index (κ1) is 14.6. The largest absolute Gasteiger partial charge is 0.345 e. The van der Waals surface area contributed by atoms with Crippen molar-refractivity contribution in [3.05, 3.63) is 29.7 Å². The number of aromatic nitrogens is 2. The van der Waals surface area contributed by atoms with Crippen LogP contribution in [-0.4, -0.2) is 28.8 Å². The molecule has 1 aliphatic heterocycles. The highest BCUT2D eigenvalue weighted by Gasteiger charge is 2.57. The minimum Gasteiger partial charge on any atom is -0.345 e. The molecule has 1 aromatic carbocycles. The number of piperidine rings is 1. The van der Waals surface area contributed by atoms with Crippen molar-refractivity contribution in [1.29, 1.82) is 0 Å². The number of aryl methyl sites for hydroxylation is 1. The van der Waals surface area contributed by atoms with Crippen LogP contribution in [0.3, 0.4) is 0 Å². The van der Waals surface area contributed by atoms with Crippen LogP contribution in [0.1, 0.15) is 19.5 Å². The Morgan fingerprint density at radius 2 is 2.09 bits per heavy atom. The van der Waals surface area contributed by atoms with E-state index in [1.54, 1.807) is 10.7 Å². The van der Waals surface area contributed by atoms with E-state index in [9.17, 15) is 9.18 Å². The maximum atomic E-state index is 13.6. The monoisotopic (exact) mass is 316 g/mol. The molecular formula is C17H21FN4O. The van der Waals surface area contributed by atoms with Crippen molar-refractivity contribution in [3.8, 4) is 0 Å². The fraction of sp³-hybridized carbons (Fsp3) is 0.529. The highest BCUT2D eigenvalue weighted by Crippen LogP contribution is 2.49. The number of fused-ring (bicyclic) bond motifs is 2. The van der Waals surface area contributed by atoms with Gasteiger partial charge in [-0.25, -0.2) is 4.39 Å². The van der Waals surface area contributed by atoms with Gasteiger partial charge in [-0.1, -0.05) is 0 Å². The molecule has 6 heteroatoms. The molecule has 2 N–H and O–H groups in total. The normalized spacial score (nSPS) is 26.3. The lowest BCUT2D eigenvalue weighted by Crippen LogP contribution is -2.43. The first-order chi connectivity index (χ1) is 10.9. The average Bonchev–Trinajstić information content (AvgIpc) is 2.80. The Morgan fingerprint density at radius 3 is 2.78 bits per heavy atom. The molecule has 2 atom stereocenters. The van der Waals surface area contributed by atoms with Gasteiger partial charge in [0.2, 0.25) is 5.91 Å². The molecule has 2 aromatic rings. The molecule has 0 bridgehead atoms. The maximum Gasteiger partial charge on any atom is 0.224 e. The van der Waals surface area contributed by atoms with Gasteiger partial charge in [0, 0.05) is 18.4 Å². The molecule has 1 saturated carbocycles. The number of amides is 1. The molecule has 1 saturated heterocycles. The third-order valence-electron chi connectivity index (χ3n) is 5.23. The summed E-state index contributed by atoms with van der Waals surface area (Å²) in [7, 11) is 1.83. The zero-order valence-electron chi connectivity index (χ0n) is 13.6. The number of hydrogen-bond donors (Lipinski definition) is 2. The number of hydrogen-bond acceptors (Lipinski definition) is 3. The maximum absolute atomic E-state index is 13.6. The van der Waals surface area contributed by atoms with Gasteiger partial charge in [0.25, 0.3) is 0 Å². The van der Waals surface area contributed by atoms with E-state index < -0.39 is 5.54 Å². The Morgan fingerprint density at radius 1 is 1.39 bits per heavy atom. The van der Waals surface area contributed by atoms with Gasteiger partial charge in [-0.3, -0.25) is 9.48 Å². The van der Waals surface area contributed by atoms with Gasteiger partial charge >= 0.3 is 0 Å². The Hall–Kier alpha value is -1.95. The molecule has 1 aliphatic carbocycles. The molecule has 1 aromatic heterocycles. The van der Waals surface area contributed by atoms with Crippen LogP contribution in [0.25, 0.3) is 10.9 Å². The average molecular weight is 316 g/mol. The van der Waals surface area contributed by atoms with Crippen LogP contribution in [0.5, 0.6) is 0 Å². The quantitative estimate of drug-likeness (QED) is 0.903. The van der Waals surface area contributed by atoms with Crippen molar-refractivity contribution in [3.63, 3.8) is 0 Å². The van der Waals surface area contributed by atoms with Crippen LogP contribution >= 0.6 is 0 Å². The van der Waals surface area contributed by atoms with Gasteiger partial charge in [0.15, 0.2) is 0 Å². The summed E-state index contributed by atoms with van der Waals surface area (Å²) in [6, 6.07) is 4.63. The fourth-order valence-corrected chi connectivity index (χ4v) is 3.96. The molecule has 1 amide bonds. The van der Waals surface area contributed by atoms with Crippen molar-refractivity contribution < 1.29 is 9.18 Å². The zero-order chi connectivity index (χ0) is 16.4. The molecule has 4 rings (SSSR count). The van der Waals surface area contributed by atoms with Gasteiger partial charge in [0.1, 0.15) is 5.82 Å². The van der Waals surface area contributed by atoms with E-state index in [-0.39, 0.29) is 17.6 Å². The van der Waals surface area contributed by atoms with Crippen LogP contribution in [0, 0.1) is 23.6 Å². The topological polar surface area (TPSA) is 59.0 Å². The van der Waals surface area contributed by atoms with E-state index >= 15 is 0 Å². The second-order valence-electron chi connectivity index (χ2n) is 7.26. The third kappa shape index (κ3) is 2.24. The predicted molar refractivity (Wildman–Crippen MR) is 85.2 cm³/mol. The van der Waals surface area contributed by atoms with Crippen molar-refractivity contribution >= 4 is 16.8 Å². The first-order valence-electron chi connectivity index (χ1n) is 8.04. The van der Waals surface area contributed by atoms with Gasteiger partial charge in [-0.05, 0) is 57.0 Å². The molecule has 122 valence electrons. The number of carbonyl (C=O) groups excluding carboxylic acids is 1. The van der Waals surface area contributed by atoms with Crippen LogP contribution in [0.2, 0.25) is 0 Å². The smallest absolute Gasteiger partial charge is 0.224 e. The second-order valence-corrected chi connectivity index (χ2v) is 7.26. The van der Waals surface area contributed by atoms with Gasteiger partial charge in [-0.15, -0.1) is 0 Å². The number of carbonyl (C=O) groups is 1. The Bertz CT molecular complexity index is 787. The van der Waals surface area contributed by atoms with E-state index in [1.807, 2.05) is 20.9 Å².